The Hall–Kier alpha value is -0.930. The van der Waals surface area contributed by atoms with Crippen molar-refractivity contribution in [1.29, 1.82) is 0 Å². The second-order valence-electron chi connectivity index (χ2n) is 4.93. The fraction of sp³-hybridized carbons (Fsp3) is 0.571. The van der Waals surface area contributed by atoms with Crippen molar-refractivity contribution < 1.29 is 4.39 Å². The summed E-state index contributed by atoms with van der Waals surface area (Å²) in [5.41, 5.74) is 1.13. The number of nitrogens with one attached hydrogen (secondary N) is 1. The predicted molar refractivity (Wildman–Crippen MR) is 70.6 cm³/mol. The summed E-state index contributed by atoms with van der Waals surface area (Å²) in [6.07, 6.45) is 1.11. The number of nitrogens with zero attached hydrogens (tertiary/aromatic N) is 1. The van der Waals surface area contributed by atoms with Gasteiger partial charge in [0.2, 0.25) is 0 Å². The zero-order valence-electron chi connectivity index (χ0n) is 11.2. The van der Waals surface area contributed by atoms with Gasteiger partial charge in [-0.2, -0.15) is 0 Å². The third kappa shape index (κ3) is 5.29. The fourth-order valence-electron chi connectivity index (χ4n) is 1.81. The lowest BCUT2D eigenvalue weighted by atomic mass is 10.1. The molecule has 17 heavy (non-hydrogen) atoms. The van der Waals surface area contributed by atoms with E-state index in [1.807, 2.05) is 12.1 Å². The van der Waals surface area contributed by atoms with E-state index in [9.17, 15) is 4.39 Å². The summed E-state index contributed by atoms with van der Waals surface area (Å²) in [4.78, 5) is 2.18. The number of hydrogen-bond donors (Lipinski definition) is 1. The molecule has 96 valence electrons. The van der Waals surface area contributed by atoms with E-state index in [1.54, 1.807) is 0 Å². The highest BCUT2D eigenvalue weighted by Crippen LogP contribution is 2.14. The van der Waals surface area contributed by atoms with Gasteiger partial charge in [0.05, 0.1) is 0 Å². The second-order valence-corrected chi connectivity index (χ2v) is 4.93. The van der Waals surface area contributed by atoms with E-state index < -0.39 is 0 Å². The van der Waals surface area contributed by atoms with E-state index >= 15 is 0 Å². The van der Waals surface area contributed by atoms with Crippen LogP contribution in [0.5, 0.6) is 0 Å². The molecule has 0 aliphatic rings. The van der Waals surface area contributed by atoms with Crippen LogP contribution < -0.4 is 5.32 Å². The summed E-state index contributed by atoms with van der Waals surface area (Å²) in [6.45, 7) is 5.37. The second kappa shape index (κ2) is 6.72. The monoisotopic (exact) mass is 238 g/mol. The van der Waals surface area contributed by atoms with Crippen LogP contribution in [-0.2, 0) is 0 Å². The minimum absolute atomic E-state index is 0.179. The third-order valence-corrected chi connectivity index (χ3v) is 2.91. The zero-order chi connectivity index (χ0) is 12.8. The lowest BCUT2D eigenvalue weighted by molar-refractivity contribution is 0.354. The average molecular weight is 238 g/mol. The van der Waals surface area contributed by atoms with Crippen molar-refractivity contribution >= 4 is 0 Å². The van der Waals surface area contributed by atoms with Crippen LogP contribution in [0.4, 0.5) is 4.39 Å². The van der Waals surface area contributed by atoms with Crippen molar-refractivity contribution in [1.82, 2.24) is 10.2 Å². The molecule has 2 atom stereocenters. The number of rotatable bonds is 6. The summed E-state index contributed by atoms with van der Waals surface area (Å²) >= 11 is 0. The molecule has 0 bridgehead atoms. The van der Waals surface area contributed by atoms with E-state index in [2.05, 4.69) is 38.2 Å². The summed E-state index contributed by atoms with van der Waals surface area (Å²) in [5.74, 6) is -0.179. The Morgan fingerprint density at radius 2 is 1.76 bits per heavy atom. The van der Waals surface area contributed by atoms with Crippen LogP contribution >= 0.6 is 0 Å². The van der Waals surface area contributed by atoms with Crippen LogP contribution in [0, 0.1) is 5.82 Å². The van der Waals surface area contributed by atoms with E-state index in [1.165, 1.54) is 12.1 Å². The number of benzene rings is 1. The molecule has 0 saturated heterocycles. The summed E-state index contributed by atoms with van der Waals surface area (Å²) in [6, 6.07) is 7.41. The molecule has 0 fully saturated rings. The van der Waals surface area contributed by atoms with E-state index in [0.717, 1.165) is 18.5 Å². The first-order valence-electron chi connectivity index (χ1n) is 6.15. The normalized spacial score (nSPS) is 14.9. The quantitative estimate of drug-likeness (QED) is 0.820. The minimum Gasteiger partial charge on any atom is -0.309 e. The lowest BCUT2D eigenvalue weighted by Crippen LogP contribution is -2.31. The van der Waals surface area contributed by atoms with Gasteiger partial charge in [0, 0.05) is 12.1 Å². The first kappa shape index (κ1) is 14.1. The molecule has 0 spiro atoms. The Morgan fingerprint density at radius 1 is 1.18 bits per heavy atom. The summed E-state index contributed by atoms with van der Waals surface area (Å²) in [5, 5.41) is 3.52. The Bertz CT molecular complexity index is 321. The van der Waals surface area contributed by atoms with Gasteiger partial charge in [0.1, 0.15) is 5.82 Å². The van der Waals surface area contributed by atoms with Crippen LogP contribution in [0.1, 0.15) is 31.9 Å². The average Bonchev–Trinajstić information content (AvgIpc) is 2.27. The molecule has 2 unspecified atom stereocenters. The smallest absolute Gasteiger partial charge is 0.123 e. The molecule has 0 saturated carbocycles. The molecule has 0 amide bonds. The van der Waals surface area contributed by atoms with Crippen molar-refractivity contribution in [3.63, 3.8) is 0 Å². The molecule has 1 rings (SSSR count). The molecule has 0 heterocycles. The zero-order valence-corrected chi connectivity index (χ0v) is 11.2. The van der Waals surface area contributed by atoms with E-state index in [-0.39, 0.29) is 11.9 Å². The van der Waals surface area contributed by atoms with Crippen molar-refractivity contribution in [2.24, 2.45) is 0 Å². The molecule has 0 aliphatic heterocycles. The summed E-state index contributed by atoms with van der Waals surface area (Å²) in [7, 11) is 4.16. The molecule has 1 aromatic rings. The fourth-order valence-corrected chi connectivity index (χ4v) is 1.81. The molecule has 0 aromatic heterocycles. The lowest BCUT2D eigenvalue weighted by Gasteiger charge is -2.21. The van der Waals surface area contributed by atoms with Crippen LogP contribution in [0.3, 0.4) is 0 Å². The molecule has 0 radical (unpaired) electrons. The molecule has 3 heteroatoms. The molecule has 1 N–H and O–H groups in total. The SMILES string of the molecule is CC(CCN(C)C)NC(C)c1ccc(F)cc1. The van der Waals surface area contributed by atoms with Gasteiger partial charge in [-0.25, -0.2) is 4.39 Å². The third-order valence-electron chi connectivity index (χ3n) is 2.91. The molecular formula is C14H23FN2. The van der Waals surface area contributed by atoms with Crippen LogP contribution in [0.25, 0.3) is 0 Å². The molecule has 0 aliphatic carbocycles. The molecular weight excluding hydrogens is 215 g/mol. The van der Waals surface area contributed by atoms with Gasteiger partial charge in [-0.05, 0) is 58.6 Å². The minimum atomic E-state index is -0.179. The maximum absolute atomic E-state index is 12.8. The van der Waals surface area contributed by atoms with Gasteiger partial charge in [0.15, 0.2) is 0 Å². The van der Waals surface area contributed by atoms with Gasteiger partial charge in [-0.1, -0.05) is 12.1 Å². The first-order chi connectivity index (χ1) is 7.99. The van der Waals surface area contributed by atoms with Gasteiger partial charge in [-0.3, -0.25) is 0 Å². The van der Waals surface area contributed by atoms with E-state index in [4.69, 9.17) is 0 Å². The standard InChI is InChI=1S/C14H23FN2/c1-11(9-10-17(3)4)16-12(2)13-5-7-14(15)8-6-13/h5-8,11-12,16H,9-10H2,1-4H3. The highest BCUT2D eigenvalue weighted by atomic mass is 19.1. The Morgan fingerprint density at radius 3 is 2.29 bits per heavy atom. The van der Waals surface area contributed by atoms with Crippen LogP contribution in [-0.4, -0.2) is 31.6 Å². The Kier molecular flexibility index (Phi) is 5.59. The van der Waals surface area contributed by atoms with Gasteiger partial charge < -0.3 is 10.2 Å². The van der Waals surface area contributed by atoms with Crippen molar-refractivity contribution in [2.75, 3.05) is 20.6 Å². The summed E-state index contributed by atoms with van der Waals surface area (Å²) < 4.78 is 12.8. The van der Waals surface area contributed by atoms with Gasteiger partial charge in [-0.15, -0.1) is 0 Å². The highest BCUT2D eigenvalue weighted by molar-refractivity contribution is 5.19. The molecule has 1 aromatic carbocycles. The van der Waals surface area contributed by atoms with Crippen molar-refractivity contribution in [3.05, 3.63) is 35.6 Å². The first-order valence-corrected chi connectivity index (χ1v) is 6.15. The van der Waals surface area contributed by atoms with Crippen LogP contribution in [0.2, 0.25) is 0 Å². The molecule has 2 nitrogen and oxygen atoms in total. The van der Waals surface area contributed by atoms with Crippen molar-refractivity contribution in [2.45, 2.75) is 32.4 Å². The van der Waals surface area contributed by atoms with Gasteiger partial charge >= 0.3 is 0 Å². The predicted octanol–water partition coefficient (Wildman–Crippen LogP) is 2.82. The Labute approximate surface area is 104 Å². The topological polar surface area (TPSA) is 15.3 Å². The van der Waals surface area contributed by atoms with Crippen molar-refractivity contribution in [3.8, 4) is 0 Å². The Balaban J connectivity index is 2.42. The van der Waals surface area contributed by atoms with Crippen LogP contribution in [0.15, 0.2) is 24.3 Å². The maximum Gasteiger partial charge on any atom is 0.123 e. The van der Waals surface area contributed by atoms with Gasteiger partial charge in [0.25, 0.3) is 0 Å². The maximum atomic E-state index is 12.8. The van der Waals surface area contributed by atoms with E-state index in [0.29, 0.717) is 6.04 Å². The highest BCUT2D eigenvalue weighted by Gasteiger charge is 2.09. The number of hydrogen-bond acceptors (Lipinski definition) is 2. The number of halogens is 1. The largest absolute Gasteiger partial charge is 0.309 e.